The number of amides is 1. The Hall–Kier alpha value is -0.610. The van der Waals surface area contributed by atoms with Gasteiger partial charge in [0.25, 0.3) is 0 Å². The van der Waals surface area contributed by atoms with Crippen LogP contribution in [0.2, 0.25) is 0 Å². The Morgan fingerprint density at radius 3 is 2.89 bits per heavy atom. The number of carbonyl (C=O) groups is 1. The van der Waals surface area contributed by atoms with Gasteiger partial charge in [0, 0.05) is 33.4 Å². The SMILES string of the molecule is COCCCN(C)C(=O)C1CC2CCCCC2N1. The fourth-order valence-electron chi connectivity index (χ4n) is 3.33. The Labute approximate surface area is 110 Å². The lowest BCUT2D eigenvalue weighted by molar-refractivity contribution is -0.132. The van der Waals surface area contributed by atoms with Crippen molar-refractivity contribution in [2.45, 2.75) is 50.6 Å². The zero-order valence-electron chi connectivity index (χ0n) is 11.7. The van der Waals surface area contributed by atoms with E-state index in [1.807, 2.05) is 11.9 Å². The van der Waals surface area contributed by atoms with Crippen molar-refractivity contribution in [3.63, 3.8) is 0 Å². The average Bonchev–Trinajstić information content (AvgIpc) is 2.81. The molecule has 0 aromatic heterocycles. The van der Waals surface area contributed by atoms with Crippen molar-refractivity contribution in [3.05, 3.63) is 0 Å². The fourth-order valence-corrected chi connectivity index (χ4v) is 3.33. The van der Waals surface area contributed by atoms with Crippen molar-refractivity contribution in [2.75, 3.05) is 27.3 Å². The normalized spacial score (nSPS) is 31.1. The van der Waals surface area contributed by atoms with Crippen molar-refractivity contribution in [1.29, 1.82) is 0 Å². The summed E-state index contributed by atoms with van der Waals surface area (Å²) in [5.41, 5.74) is 0. The molecule has 3 atom stereocenters. The van der Waals surface area contributed by atoms with Gasteiger partial charge in [0.05, 0.1) is 6.04 Å². The Morgan fingerprint density at radius 1 is 1.39 bits per heavy atom. The van der Waals surface area contributed by atoms with E-state index in [4.69, 9.17) is 4.74 Å². The third-order valence-electron chi connectivity index (χ3n) is 4.38. The molecule has 4 nitrogen and oxygen atoms in total. The minimum absolute atomic E-state index is 0.0608. The van der Waals surface area contributed by atoms with E-state index >= 15 is 0 Å². The Balaban J connectivity index is 1.79. The summed E-state index contributed by atoms with van der Waals surface area (Å²) < 4.78 is 5.02. The minimum atomic E-state index is 0.0608. The van der Waals surface area contributed by atoms with Gasteiger partial charge in [-0.2, -0.15) is 0 Å². The van der Waals surface area contributed by atoms with Crippen LogP contribution in [0.25, 0.3) is 0 Å². The van der Waals surface area contributed by atoms with Crippen LogP contribution in [0.15, 0.2) is 0 Å². The van der Waals surface area contributed by atoms with E-state index in [9.17, 15) is 4.79 Å². The van der Waals surface area contributed by atoms with Crippen molar-refractivity contribution in [1.82, 2.24) is 10.2 Å². The summed E-state index contributed by atoms with van der Waals surface area (Å²) in [6.07, 6.45) is 7.17. The molecule has 0 spiro atoms. The smallest absolute Gasteiger partial charge is 0.239 e. The van der Waals surface area contributed by atoms with Gasteiger partial charge in [-0.3, -0.25) is 4.79 Å². The molecule has 0 aromatic rings. The van der Waals surface area contributed by atoms with Crippen molar-refractivity contribution in [3.8, 4) is 0 Å². The van der Waals surface area contributed by atoms with Crippen LogP contribution < -0.4 is 5.32 Å². The maximum Gasteiger partial charge on any atom is 0.239 e. The molecule has 2 aliphatic rings. The molecular weight excluding hydrogens is 228 g/mol. The molecule has 1 amide bonds. The molecule has 1 saturated heterocycles. The van der Waals surface area contributed by atoms with E-state index in [2.05, 4.69) is 5.32 Å². The third kappa shape index (κ3) is 3.23. The number of carbonyl (C=O) groups excluding carboxylic acids is 1. The van der Waals surface area contributed by atoms with E-state index in [1.165, 1.54) is 25.7 Å². The van der Waals surface area contributed by atoms with Crippen molar-refractivity contribution < 1.29 is 9.53 Å². The van der Waals surface area contributed by atoms with Crippen LogP contribution in [-0.2, 0) is 9.53 Å². The van der Waals surface area contributed by atoms with Gasteiger partial charge in [-0.1, -0.05) is 12.8 Å². The molecular formula is C14H26N2O2. The van der Waals surface area contributed by atoms with E-state index in [-0.39, 0.29) is 11.9 Å². The first-order chi connectivity index (χ1) is 8.72. The van der Waals surface area contributed by atoms with E-state index in [0.29, 0.717) is 6.04 Å². The maximum absolute atomic E-state index is 12.3. The maximum atomic E-state index is 12.3. The van der Waals surface area contributed by atoms with Gasteiger partial charge in [0.2, 0.25) is 5.91 Å². The summed E-state index contributed by atoms with van der Waals surface area (Å²) in [5, 5.41) is 3.54. The van der Waals surface area contributed by atoms with Crippen LogP contribution in [0.4, 0.5) is 0 Å². The summed E-state index contributed by atoms with van der Waals surface area (Å²) >= 11 is 0. The number of methoxy groups -OCH3 is 1. The predicted molar refractivity (Wildman–Crippen MR) is 71.4 cm³/mol. The van der Waals surface area contributed by atoms with Crippen LogP contribution in [-0.4, -0.2) is 50.2 Å². The summed E-state index contributed by atoms with van der Waals surface area (Å²) in [4.78, 5) is 14.2. The molecule has 1 N–H and O–H groups in total. The van der Waals surface area contributed by atoms with Crippen LogP contribution in [0.1, 0.15) is 38.5 Å². The van der Waals surface area contributed by atoms with Crippen LogP contribution in [0.5, 0.6) is 0 Å². The highest BCUT2D eigenvalue weighted by atomic mass is 16.5. The predicted octanol–water partition coefficient (Wildman–Crippen LogP) is 1.40. The molecule has 2 rings (SSSR count). The van der Waals surface area contributed by atoms with Gasteiger partial charge in [0.1, 0.15) is 0 Å². The first kappa shape index (κ1) is 13.8. The molecule has 1 saturated carbocycles. The van der Waals surface area contributed by atoms with Gasteiger partial charge in [-0.05, 0) is 31.6 Å². The second-order valence-corrected chi connectivity index (χ2v) is 5.71. The van der Waals surface area contributed by atoms with Crippen LogP contribution in [0, 0.1) is 5.92 Å². The number of hydrogen-bond acceptors (Lipinski definition) is 3. The highest BCUT2D eigenvalue weighted by Crippen LogP contribution is 2.33. The molecule has 1 aliphatic carbocycles. The molecule has 0 bridgehead atoms. The van der Waals surface area contributed by atoms with Gasteiger partial charge < -0.3 is 15.0 Å². The number of likely N-dealkylation sites (N-methyl/N-ethyl adjacent to an activating group) is 1. The highest BCUT2D eigenvalue weighted by molar-refractivity contribution is 5.82. The fraction of sp³-hybridized carbons (Fsp3) is 0.929. The van der Waals surface area contributed by atoms with Gasteiger partial charge in [-0.15, -0.1) is 0 Å². The van der Waals surface area contributed by atoms with E-state index in [1.54, 1.807) is 7.11 Å². The Kier molecular flexibility index (Phi) is 5.01. The lowest BCUT2D eigenvalue weighted by Crippen LogP contribution is -2.44. The number of hydrogen-bond donors (Lipinski definition) is 1. The standard InChI is InChI=1S/C14H26N2O2/c1-16(8-5-9-18-2)14(17)13-10-11-6-3-4-7-12(11)15-13/h11-13,15H,3-10H2,1-2H3. The number of fused-ring (bicyclic) bond motifs is 1. The third-order valence-corrected chi connectivity index (χ3v) is 4.38. The topological polar surface area (TPSA) is 41.6 Å². The molecule has 0 aromatic carbocycles. The first-order valence-corrected chi connectivity index (χ1v) is 7.22. The number of ether oxygens (including phenoxy) is 1. The molecule has 1 aliphatic heterocycles. The van der Waals surface area contributed by atoms with Crippen molar-refractivity contribution in [2.24, 2.45) is 5.92 Å². The monoisotopic (exact) mass is 254 g/mol. The molecule has 104 valence electrons. The number of nitrogens with zero attached hydrogens (tertiary/aromatic N) is 1. The molecule has 0 radical (unpaired) electrons. The minimum Gasteiger partial charge on any atom is -0.385 e. The highest BCUT2D eigenvalue weighted by Gasteiger charge is 2.38. The van der Waals surface area contributed by atoms with Crippen LogP contribution >= 0.6 is 0 Å². The van der Waals surface area contributed by atoms with Gasteiger partial charge >= 0.3 is 0 Å². The van der Waals surface area contributed by atoms with E-state index in [0.717, 1.165) is 31.9 Å². The molecule has 1 heterocycles. The van der Waals surface area contributed by atoms with Gasteiger partial charge in [0.15, 0.2) is 0 Å². The quantitative estimate of drug-likeness (QED) is 0.754. The molecule has 4 heteroatoms. The summed E-state index contributed by atoms with van der Waals surface area (Å²) in [5.74, 6) is 1.00. The average molecular weight is 254 g/mol. The molecule has 18 heavy (non-hydrogen) atoms. The van der Waals surface area contributed by atoms with Gasteiger partial charge in [-0.25, -0.2) is 0 Å². The lowest BCUT2D eigenvalue weighted by atomic mass is 9.85. The summed E-state index contributed by atoms with van der Waals surface area (Å²) in [6, 6.07) is 0.658. The van der Waals surface area contributed by atoms with Crippen molar-refractivity contribution >= 4 is 5.91 Å². The first-order valence-electron chi connectivity index (χ1n) is 7.22. The molecule has 3 unspecified atom stereocenters. The second-order valence-electron chi connectivity index (χ2n) is 5.71. The Bertz CT molecular complexity index is 269. The van der Waals surface area contributed by atoms with Crippen LogP contribution in [0.3, 0.4) is 0 Å². The lowest BCUT2D eigenvalue weighted by Gasteiger charge is -2.24. The number of nitrogens with one attached hydrogen (secondary N) is 1. The molecule has 2 fully saturated rings. The second kappa shape index (κ2) is 6.53. The largest absolute Gasteiger partial charge is 0.385 e. The zero-order valence-corrected chi connectivity index (χ0v) is 11.7. The number of rotatable bonds is 5. The van der Waals surface area contributed by atoms with E-state index < -0.39 is 0 Å². The Morgan fingerprint density at radius 2 is 2.17 bits per heavy atom. The summed E-state index contributed by atoms with van der Waals surface area (Å²) in [7, 11) is 3.60. The summed E-state index contributed by atoms with van der Waals surface area (Å²) in [6.45, 7) is 1.52. The zero-order chi connectivity index (χ0) is 13.0.